The van der Waals surface area contributed by atoms with Crippen molar-refractivity contribution in [2.45, 2.75) is 38.4 Å². The second-order valence-corrected chi connectivity index (χ2v) is 6.88. The Balaban J connectivity index is 1.77. The molecule has 1 amide bonds. The number of ether oxygens (including phenoxy) is 2. The maximum absolute atomic E-state index is 12.0. The smallest absolute Gasteiger partial charge is 0.306 e. The monoisotopic (exact) mass is 403 g/mol. The number of rotatable bonds is 9. The molecule has 0 fully saturated rings. The molecule has 1 N–H and O–H groups in total. The Hall–Kier alpha value is -2.61. The molecule has 1 heterocycles. The fourth-order valence-electron chi connectivity index (χ4n) is 2.70. The summed E-state index contributed by atoms with van der Waals surface area (Å²) in [6.45, 7) is 3.80. The summed E-state index contributed by atoms with van der Waals surface area (Å²) < 4.78 is 10.3. The van der Waals surface area contributed by atoms with Gasteiger partial charge in [-0.2, -0.15) is 0 Å². The molecule has 2 aromatic rings. The zero-order valence-electron chi connectivity index (χ0n) is 16.6. The van der Waals surface area contributed by atoms with Crippen molar-refractivity contribution in [3.05, 3.63) is 46.8 Å². The number of aromatic nitrogens is 2. The van der Waals surface area contributed by atoms with Gasteiger partial charge in [-0.05, 0) is 38.2 Å². The molecule has 1 aromatic carbocycles. The molecule has 0 aliphatic rings. The molecule has 0 saturated heterocycles. The number of methoxy groups -OCH3 is 1. The van der Waals surface area contributed by atoms with Gasteiger partial charge in [0.2, 0.25) is 0 Å². The van der Waals surface area contributed by atoms with E-state index in [1.165, 1.54) is 11.8 Å². The summed E-state index contributed by atoms with van der Waals surface area (Å²) >= 11 is 1.48. The van der Waals surface area contributed by atoms with E-state index in [-0.39, 0.29) is 18.9 Å². The lowest BCUT2D eigenvalue weighted by molar-refractivity contribution is -0.148. The molecule has 0 saturated carbocycles. The van der Waals surface area contributed by atoms with Crippen LogP contribution in [0.15, 0.2) is 29.4 Å². The molecule has 2 rings (SSSR count). The Morgan fingerprint density at radius 2 is 1.82 bits per heavy atom. The summed E-state index contributed by atoms with van der Waals surface area (Å²) in [6, 6.07) is 7.40. The van der Waals surface area contributed by atoms with Crippen molar-refractivity contribution >= 4 is 23.6 Å². The summed E-state index contributed by atoms with van der Waals surface area (Å²) in [5.41, 5.74) is 3.51. The Morgan fingerprint density at radius 3 is 2.46 bits per heavy atom. The Bertz CT molecular complexity index is 819. The number of hydrogen-bond donors (Lipinski definition) is 1. The van der Waals surface area contributed by atoms with E-state index in [0.717, 1.165) is 22.5 Å². The zero-order chi connectivity index (χ0) is 20.5. The van der Waals surface area contributed by atoms with Gasteiger partial charge < -0.3 is 14.8 Å². The van der Waals surface area contributed by atoms with E-state index in [2.05, 4.69) is 15.3 Å². The van der Waals surface area contributed by atoms with Crippen LogP contribution in [-0.2, 0) is 27.3 Å². The van der Waals surface area contributed by atoms with E-state index in [1.54, 1.807) is 7.11 Å². The van der Waals surface area contributed by atoms with E-state index in [0.29, 0.717) is 23.9 Å². The average molecular weight is 404 g/mol. The zero-order valence-corrected chi connectivity index (χ0v) is 17.4. The average Bonchev–Trinajstić information content (AvgIpc) is 2.69. The quantitative estimate of drug-likeness (QED) is 0.391. The number of nitrogens with zero attached hydrogens (tertiary/aromatic N) is 2. The highest BCUT2D eigenvalue weighted by molar-refractivity contribution is 7.98. The first-order valence-corrected chi connectivity index (χ1v) is 10.1. The molecule has 0 aliphatic carbocycles. The SMILES string of the molecule is COc1ccccc1CNC(=O)COC(=O)CCc1c(C)nc(SC)nc1C. The third kappa shape index (κ3) is 6.23. The fourth-order valence-corrected chi connectivity index (χ4v) is 3.16. The van der Waals surface area contributed by atoms with Crippen LogP contribution in [-0.4, -0.2) is 41.8 Å². The lowest BCUT2D eigenvalue weighted by Crippen LogP contribution is -2.28. The topological polar surface area (TPSA) is 90.4 Å². The van der Waals surface area contributed by atoms with Crippen molar-refractivity contribution in [2.24, 2.45) is 0 Å². The van der Waals surface area contributed by atoms with E-state index in [1.807, 2.05) is 44.4 Å². The third-order valence-corrected chi connectivity index (χ3v) is 4.74. The lowest BCUT2D eigenvalue weighted by Gasteiger charge is -2.11. The van der Waals surface area contributed by atoms with E-state index in [9.17, 15) is 9.59 Å². The van der Waals surface area contributed by atoms with Crippen LogP contribution < -0.4 is 10.1 Å². The number of aryl methyl sites for hydroxylation is 2. The molecule has 7 nitrogen and oxygen atoms in total. The molecule has 0 spiro atoms. The van der Waals surface area contributed by atoms with E-state index >= 15 is 0 Å². The van der Waals surface area contributed by atoms with Crippen molar-refractivity contribution < 1.29 is 19.1 Å². The lowest BCUT2D eigenvalue weighted by atomic mass is 10.1. The molecular weight excluding hydrogens is 378 g/mol. The van der Waals surface area contributed by atoms with Gasteiger partial charge in [-0.3, -0.25) is 9.59 Å². The number of carbonyl (C=O) groups is 2. The van der Waals surface area contributed by atoms with Gasteiger partial charge in [0.05, 0.1) is 7.11 Å². The van der Waals surface area contributed by atoms with Gasteiger partial charge in [0.15, 0.2) is 11.8 Å². The van der Waals surface area contributed by atoms with Crippen LogP contribution in [0.2, 0.25) is 0 Å². The minimum atomic E-state index is -0.430. The number of para-hydroxylation sites is 1. The van der Waals surface area contributed by atoms with Crippen molar-refractivity contribution in [1.29, 1.82) is 0 Å². The minimum Gasteiger partial charge on any atom is -0.496 e. The van der Waals surface area contributed by atoms with Crippen LogP contribution in [0, 0.1) is 13.8 Å². The fraction of sp³-hybridized carbons (Fsp3) is 0.400. The summed E-state index contributed by atoms with van der Waals surface area (Å²) in [5.74, 6) is -0.0975. The number of benzene rings is 1. The van der Waals surface area contributed by atoms with Crippen LogP contribution in [0.1, 0.15) is 28.9 Å². The molecule has 1 aromatic heterocycles. The predicted molar refractivity (Wildman–Crippen MR) is 107 cm³/mol. The molecule has 0 bridgehead atoms. The van der Waals surface area contributed by atoms with Gasteiger partial charge >= 0.3 is 5.97 Å². The maximum atomic E-state index is 12.0. The van der Waals surface area contributed by atoms with Crippen molar-refractivity contribution in [3.8, 4) is 5.75 Å². The molecule has 0 unspecified atom stereocenters. The Labute approximate surface area is 169 Å². The number of nitrogens with one attached hydrogen (secondary N) is 1. The van der Waals surface area contributed by atoms with Gasteiger partial charge in [-0.15, -0.1) is 0 Å². The second-order valence-electron chi connectivity index (χ2n) is 6.11. The summed E-state index contributed by atoms with van der Waals surface area (Å²) in [4.78, 5) is 32.7. The highest BCUT2D eigenvalue weighted by Gasteiger charge is 2.13. The maximum Gasteiger partial charge on any atom is 0.306 e. The Morgan fingerprint density at radius 1 is 1.14 bits per heavy atom. The molecule has 8 heteroatoms. The highest BCUT2D eigenvalue weighted by atomic mass is 32.2. The number of hydrogen-bond acceptors (Lipinski definition) is 7. The predicted octanol–water partition coefficient (Wildman–Crippen LogP) is 2.62. The molecule has 28 heavy (non-hydrogen) atoms. The summed E-state index contributed by atoms with van der Waals surface area (Å²) in [6.07, 6.45) is 2.57. The molecule has 0 radical (unpaired) electrons. The van der Waals surface area contributed by atoms with Crippen LogP contribution in [0.4, 0.5) is 0 Å². The first-order chi connectivity index (χ1) is 13.4. The van der Waals surface area contributed by atoms with Crippen LogP contribution in [0.5, 0.6) is 5.75 Å². The molecular formula is C20H25N3O4S. The second kappa shape index (κ2) is 10.7. The number of amides is 1. The van der Waals surface area contributed by atoms with E-state index in [4.69, 9.17) is 9.47 Å². The molecule has 0 atom stereocenters. The van der Waals surface area contributed by atoms with Crippen LogP contribution in [0.25, 0.3) is 0 Å². The summed E-state index contributed by atoms with van der Waals surface area (Å²) in [7, 11) is 1.57. The van der Waals surface area contributed by atoms with Gasteiger partial charge in [0.25, 0.3) is 5.91 Å². The standard InChI is InChI=1S/C20H25N3O4S/c1-13-16(14(2)23-20(22-13)28-4)9-10-19(25)27-12-18(24)21-11-15-7-5-6-8-17(15)26-3/h5-8H,9-12H2,1-4H3,(H,21,24). The van der Waals surface area contributed by atoms with Crippen molar-refractivity contribution in [2.75, 3.05) is 20.0 Å². The molecule has 150 valence electrons. The van der Waals surface area contributed by atoms with Crippen molar-refractivity contribution in [3.63, 3.8) is 0 Å². The van der Waals surface area contributed by atoms with Gasteiger partial charge in [-0.1, -0.05) is 30.0 Å². The van der Waals surface area contributed by atoms with E-state index < -0.39 is 5.97 Å². The van der Waals surface area contributed by atoms with Crippen LogP contribution >= 0.6 is 11.8 Å². The number of esters is 1. The van der Waals surface area contributed by atoms with Gasteiger partial charge in [0.1, 0.15) is 5.75 Å². The third-order valence-electron chi connectivity index (χ3n) is 4.19. The van der Waals surface area contributed by atoms with Gasteiger partial charge in [-0.25, -0.2) is 9.97 Å². The first-order valence-electron chi connectivity index (χ1n) is 8.87. The number of thioether (sulfide) groups is 1. The minimum absolute atomic E-state index is 0.170. The largest absolute Gasteiger partial charge is 0.496 e. The van der Waals surface area contributed by atoms with Gasteiger partial charge in [0, 0.05) is 29.9 Å². The molecule has 0 aliphatic heterocycles. The van der Waals surface area contributed by atoms with Crippen molar-refractivity contribution in [1.82, 2.24) is 15.3 Å². The normalized spacial score (nSPS) is 10.4. The highest BCUT2D eigenvalue weighted by Crippen LogP contribution is 2.18. The number of carbonyl (C=O) groups excluding carboxylic acids is 2. The van der Waals surface area contributed by atoms with Crippen LogP contribution in [0.3, 0.4) is 0 Å². The Kier molecular flexibility index (Phi) is 8.25. The first kappa shape index (κ1) is 21.7. The summed E-state index contributed by atoms with van der Waals surface area (Å²) in [5, 5.41) is 3.43.